The molecule has 2 rings (SSSR count). The van der Waals surface area contributed by atoms with Crippen LogP contribution in [-0.4, -0.2) is 38.3 Å². The first-order valence-electron chi connectivity index (χ1n) is 9.06. The quantitative estimate of drug-likeness (QED) is 0.752. The van der Waals surface area contributed by atoms with Crippen LogP contribution in [0.4, 0.5) is 5.69 Å². The minimum atomic E-state index is -3.56. The number of hydrogen-bond acceptors (Lipinski definition) is 3. The predicted octanol–water partition coefficient (Wildman–Crippen LogP) is 4.00. The lowest BCUT2D eigenvalue weighted by molar-refractivity contribution is 0.0988. The molecule has 5 nitrogen and oxygen atoms in total. The van der Waals surface area contributed by atoms with Crippen molar-refractivity contribution >= 4 is 21.6 Å². The Morgan fingerprint density at radius 1 is 1.04 bits per heavy atom. The first-order chi connectivity index (χ1) is 12.6. The van der Waals surface area contributed by atoms with Crippen molar-refractivity contribution in [3.63, 3.8) is 0 Å². The van der Waals surface area contributed by atoms with E-state index in [9.17, 15) is 13.2 Å². The van der Waals surface area contributed by atoms with E-state index in [0.29, 0.717) is 12.1 Å². The van der Waals surface area contributed by atoms with Crippen LogP contribution in [0.5, 0.6) is 0 Å². The molecule has 2 aromatic carbocycles. The van der Waals surface area contributed by atoms with Gasteiger partial charge in [0.1, 0.15) is 0 Å². The maximum absolute atomic E-state index is 13.0. The number of hydrogen-bond donors (Lipinski definition) is 0. The summed E-state index contributed by atoms with van der Waals surface area (Å²) in [5.41, 5.74) is 3.44. The highest BCUT2D eigenvalue weighted by Crippen LogP contribution is 2.24. The SMILES string of the molecule is CCN(C(=O)c1ccc(S(=O)(=O)N(C)C(C)C)cc1)c1cc(C)ccc1C. The molecule has 0 atom stereocenters. The van der Waals surface area contributed by atoms with Gasteiger partial charge < -0.3 is 4.90 Å². The molecule has 1 amide bonds. The van der Waals surface area contributed by atoms with Crippen molar-refractivity contribution < 1.29 is 13.2 Å². The summed E-state index contributed by atoms with van der Waals surface area (Å²) in [5.74, 6) is -0.146. The Morgan fingerprint density at radius 3 is 2.15 bits per heavy atom. The molecule has 0 saturated carbocycles. The molecule has 0 saturated heterocycles. The average Bonchev–Trinajstić information content (AvgIpc) is 2.64. The van der Waals surface area contributed by atoms with Crippen molar-refractivity contribution in [3.8, 4) is 0 Å². The van der Waals surface area contributed by atoms with Gasteiger partial charge in [-0.05, 0) is 76.1 Å². The number of carbonyl (C=O) groups is 1. The third kappa shape index (κ3) is 4.39. The molecule has 0 fully saturated rings. The van der Waals surface area contributed by atoms with Gasteiger partial charge in [0.25, 0.3) is 5.91 Å². The van der Waals surface area contributed by atoms with E-state index in [1.807, 2.05) is 52.8 Å². The van der Waals surface area contributed by atoms with Crippen molar-refractivity contribution in [2.45, 2.75) is 45.6 Å². The highest BCUT2D eigenvalue weighted by molar-refractivity contribution is 7.89. The van der Waals surface area contributed by atoms with E-state index in [2.05, 4.69) is 0 Å². The third-order valence-corrected chi connectivity index (χ3v) is 6.77. The van der Waals surface area contributed by atoms with Gasteiger partial charge >= 0.3 is 0 Å². The third-order valence-electron chi connectivity index (χ3n) is 4.72. The molecule has 0 radical (unpaired) electrons. The fraction of sp³-hybridized carbons (Fsp3) is 0.381. The monoisotopic (exact) mass is 388 g/mol. The number of anilines is 1. The van der Waals surface area contributed by atoms with Gasteiger partial charge in [-0.2, -0.15) is 4.31 Å². The Labute approximate surface area is 162 Å². The summed E-state index contributed by atoms with van der Waals surface area (Å²) in [6, 6.07) is 12.0. The zero-order valence-corrected chi connectivity index (χ0v) is 17.7. The molecule has 146 valence electrons. The molecule has 0 heterocycles. The molecule has 2 aromatic rings. The smallest absolute Gasteiger partial charge is 0.258 e. The molecule has 0 bridgehead atoms. The van der Waals surface area contributed by atoms with E-state index in [0.717, 1.165) is 16.8 Å². The zero-order chi connectivity index (χ0) is 20.4. The van der Waals surface area contributed by atoms with E-state index in [4.69, 9.17) is 0 Å². The molecule has 0 aliphatic carbocycles. The first-order valence-corrected chi connectivity index (χ1v) is 10.5. The Bertz CT molecular complexity index is 919. The van der Waals surface area contributed by atoms with Crippen molar-refractivity contribution in [1.82, 2.24) is 4.31 Å². The number of amides is 1. The van der Waals surface area contributed by atoms with Crippen molar-refractivity contribution in [2.24, 2.45) is 0 Å². The summed E-state index contributed by atoms with van der Waals surface area (Å²) in [5, 5.41) is 0. The van der Waals surface area contributed by atoms with Gasteiger partial charge in [0.2, 0.25) is 10.0 Å². The number of aryl methyl sites for hydroxylation is 2. The minimum Gasteiger partial charge on any atom is -0.308 e. The van der Waals surface area contributed by atoms with Crippen molar-refractivity contribution in [3.05, 3.63) is 59.2 Å². The number of carbonyl (C=O) groups excluding carboxylic acids is 1. The topological polar surface area (TPSA) is 57.7 Å². The van der Waals surface area contributed by atoms with Gasteiger partial charge in [-0.15, -0.1) is 0 Å². The largest absolute Gasteiger partial charge is 0.308 e. The highest BCUT2D eigenvalue weighted by Gasteiger charge is 2.24. The van der Waals surface area contributed by atoms with Gasteiger partial charge in [-0.25, -0.2) is 8.42 Å². The van der Waals surface area contributed by atoms with Crippen LogP contribution in [0, 0.1) is 13.8 Å². The minimum absolute atomic E-state index is 0.142. The van der Waals surface area contributed by atoms with Crippen LogP contribution in [0.3, 0.4) is 0 Å². The fourth-order valence-corrected chi connectivity index (χ4v) is 4.17. The lowest BCUT2D eigenvalue weighted by Crippen LogP contribution is -2.33. The van der Waals surface area contributed by atoms with E-state index in [-0.39, 0.29) is 16.8 Å². The predicted molar refractivity (Wildman–Crippen MR) is 110 cm³/mol. The van der Waals surface area contributed by atoms with E-state index >= 15 is 0 Å². The molecule has 27 heavy (non-hydrogen) atoms. The van der Waals surface area contributed by atoms with Crippen molar-refractivity contribution in [1.29, 1.82) is 0 Å². The molecule has 0 aromatic heterocycles. The standard InChI is InChI=1S/C21H28N2O3S/c1-7-23(20-14-16(4)8-9-17(20)5)21(24)18-10-12-19(13-11-18)27(25,26)22(6)15(2)3/h8-15H,7H2,1-6H3. The molecular formula is C21H28N2O3S. The lowest BCUT2D eigenvalue weighted by Gasteiger charge is -2.24. The van der Waals surface area contributed by atoms with Gasteiger partial charge in [-0.3, -0.25) is 4.79 Å². The summed E-state index contributed by atoms with van der Waals surface area (Å²) in [6.45, 7) is 10.1. The van der Waals surface area contributed by atoms with Gasteiger partial charge in [0.05, 0.1) is 4.90 Å². The second-order valence-electron chi connectivity index (χ2n) is 6.98. The Balaban J connectivity index is 2.35. The second-order valence-corrected chi connectivity index (χ2v) is 8.98. The van der Waals surface area contributed by atoms with Gasteiger partial charge in [0, 0.05) is 30.9 Å². The second kappa shape index (κ2) is 8.23. The molecule has 0 unspecified atom stereocenters. The Hall–Kier alpha value is -2.18. The number of rotatable bonds is 6. The van der Waals surface area contributed by atoms with E-state index < -0.39 is 10.0 Å². The zero-order valence-electron chi connectivity index (χ0n) is 16.9. The Kier molecular flexibility index (Phi) is 6.44. The van der Waals surface area contributed by atoms with Gasteiger partial charge in [-0.1, -0.05) is 12.1 Å². The maximum Gasteiger partial charge on any atom is 0.258 e. The van der Waals surface area contributed by atoms with Gasteiger partial charge in [0.15, 0.2) is 0 Å². The van der Waals surface area contributed by atoms with E-state index in [1.54, 1.807) is 24.1 Å². The van der Waals surface area contributed by atoms with Crippen LogP contribution in [0.15, 0.2) is 47.4 Å². The fourth-order valence-electron chi connectivity index (χ4n) is 2.80. The molecular weight excluding hydrogens is 360 g/mol. The lowest BCUT2D eigenvalue weighted by atomic mass is 10.1. The summed E-state index contributed by atoms with van der Waals surface area (Å²) in [4.78, 5) is 14.9. The average molecular weight is 389 g/mol. The maximum atomic E-state index is 13.0. The van der Waals surface area contributed by atoms with Crippen LogP contribution in [0.25, 0.3) is 0 Å². The number of sulfonamides is 1. The summed E-state index contributed by atoms with van der Waals surface area (Å²) >= 11 is 0. The number of benzene rings is 2. The van der Waals surface area contributed by atoms with E-state index in [1.165, 1.54) is 16.4 Å². The first kappa shape index (κ1) is 21.1. The highest BCUT2D eigenvalue weighted by atomic mass is 32.2. The Morgan fingerprint density at radius 2 is 1.63 bits per heavy atom. The normalized spacial score (nSPS) is 11.9. The summed E-state index contributed by atoms with van der Waals surface area (Å²) in [7, 11) is -2.01. The van der Waals surface area contributed by atoms with Crippen LogP contribution in [0.1, 0.15) is 42.3 Å². The molecule has 0 aliphatic rings. The van der Waals surface area contributed by atoms with Crippen LogP contribution in [0.2, 0.25) is 0 Å². The molecule has 0 spiro atoms. The summed E-state index contributed by atoms with van der Waals surface area (Å²) in [6.07, 6.45) is 0. The van der Waals surface area contributed by atoms with Crippen molar-refractivity contribution in [2.75, 3.05) is 18.5 Å². The molecule has 0 N–H and O–H groups in total. The number of nitrogens with zero attached hydrogens (tertiary/aromatic N) is 2. The van der Waals surface area contributed by atoms with Crippen LogP contribution < -0.4 is 4.90 Å². The van der Waals surface area contributed by atoms with Crippen LogP contribution >= 0.6 is 0 Å². The van der Waals surface area contributed by atoms with Crippen LogP contribution in [-0.2, 0) is 10.0 Å². The molecule has 6 heteroatoms. The molecule has 0 aliphatic heterocycles. The summed E-state index contributed by atoms with van der Waals surface area (Å²) < 4.78 is 26.5.